The van der Waals surface area contributed by atoms with Crippen LogP contribution in [-0.2, 0) is 13.0 Å². The molecule has 0 spiro atoms. The second-order valence-electron chi connectivity index (χ2n) is 5.60. The SMILES string of the molecule is CCCCn1c(Cc2cc(OC)ccc2Br)nc2c(N)ncnc21. The average molecular weight is 390 g/mol. The molecule has 0 aliphatic heterocycles. The molecule has 0 atom stereocenters. The Kier molecular flexibility index (Phi) is 4.99. The molecule has 24 heavy (non-hydrogen) atoms. The van der Waals surface area contributed by atoms with Crippen molar-refractivity contribution >= 4 is 32.9 Å². The number of aromatic nitrogens is 4. The predicted molar refractivity (Wildman–Crippen MR) is 98.1 cm³/mol. The molecule has 0 fully saturated rings. The third kappa shape index (κ3) is 3.21. The lowest BCUT2D eigenvalue weighted by Gasteiger charge is -2.10. The summed E-state index contributed by atoms with van der Waals surface area (Å²) in [4.78, 5) is 13.2. The standard InChI is InChI=1S/C17H20BrN5O/c1-3-4-7-23-14(22-15-16(19)20-10-21-17(15)23)9-11-8-12(24-2)5-6-13(11)18/h5-6,8,10H,3-4,7,9H2,1-2H3,(H2,19,20,21). The van der Waals surface area contributed by atoms with E-state index in [1.807, 2.05) is 18.2 Å². The van der Waals surface area contributed by atoms with Gasteiger partial charge in [-0.05, 0) is 30.2 Å². The third-order valence-corrected chi connectivity index (χ3v) is 4.75. The van der Waals surface area contributed by atoms with Gasteiger partial charge in [0, 0.05) is 17.4 Å². The first-order valence-corrected chi connectivity index (χ1v) is 8.71. The van der Waals surface area contributed by atoms with Gasteiger partial charge < -0.3 is 15.0 Å². The van der Waals surface area contributed by atoms with Gasteiger partial charge in [0.1, 0.15) is 17.9 Å². The lowest BCUT2D eigenvalue weighted by Crippen LogP contribution is -2.06. The second kappa shape index (κ2) is 7.17. The highest BCUT2D eigenvalue weighted by Crippen LogP contribution is 2.27. The van der Waals surface area contributed by atoms with Crippen LogP contribution in [-0.4, -0.2) is 26.6 Å². The van der Waals surface area contributed by atoms with Crippen molar-refractivity contribution in [1.29, 1.82) is 0 Å². The van der Waals surface area contributed by atoms with Gasteiger partial charge in [-0.1, -0.05) is 29.3 Å². The highest BCUT2D eigenvalue weighted by atomic mass is 79.9. The van der Waals surface area contributed by atoms with E-state index >= 15 is 0 Å². The number of halogens is 1. The molecule has 7 heteroatoms. The molecule has 3 aromatic rings. The number of ether oxygens (including phenoxy) is 1. The van der Waals surface area contributed by atoms with Crippen LogP contribution in [0.15, 0.2) is 29.0 Å². The van der Waals surface area contributed by atoms with Crippen molar-refractivity contribution in [2.75, 3.05) is 12.8 Å². The number of nitrogens with two attached hydrogens (primary N) is 1. The summed E-state index contributed by atoms with van der Waals surface area (Å²) in [6, 6.07) is 5.93. The highest BCUT2D eigenvalue weighted by Gasteiger charge is 2.16. The van der Waals surface area contributed by atoms with Gasteiger partial charge in [-0.15, -0.1) is 0 Å². The number of rotatable bonds is 6. The maximum atomic E-state index is 5.98. The molecular formula is C17H20BrN5O. The van der Waals surface area contributed by atoms with Crippen molar-refractivity contribution in [3.05, 3.63) is 40.4 Å². The summed E-state index contributed by atoms with van der Waals surface area (Å²) in [6.45, 7) is 3.03. The van der Waals surface area contributed by atoms with E-state index < -0.39 is 0 Å². The lowest BCUT2D eigenvalue weighted by atomic mass is 10.1. The molecule has 0 bridgehead atoms. The Labute approximate surface area is 149 Å². The monoisotopic (exact) mass is 389 g/mol. The normalized spacial score (nSPS) is 11.1. The van der Waals surface area contributed by atoms with Gasteiger partial charge in [-0.3, -0.25) is 0 Å². The largest absolute Gasteiger partial charge is 0.497 e. The van der Waals surface area contributed by atoms with E-state index in [0.29, 0.717) is 17.8 Å². The molecule has 0 aliphatic carbocycles. The Bertz CT molecular complexity index is 862. The van der Waals surface area contributed by atoms with Crippen molar-refractivity contribution < 1.29 is 4.74 Å². The number of aryl methyl sites for hydroxylation is 1. The van der Waals surface area contributed by atoms with Crippen LogP contribution in [0.2, 0.25) is 0 Å². The maximum Gasteiger partial charge on any atom is 0.165 e. The minimum atomic E-state index is 0.418. The van der Waals surface area contributed by atoms with E-state index in [4.69, 9.17) is 15.5 Å². The summed E-state index contributed by atoms with van der Waals surface area (Å²) < 4.78 is 8.50. The molecule has 2 heterocycles. The van der Waals surface area contributed by atoms with E-state index in [9.17, 15) is 0 Å². The van der Waals surface area contributed by atoms with E-state index in [2.05, 4.69) is 37.4 Å². The summed E-state index contributed by atoms with van der Waals surface area (Å²) in [5.74, 6) is 2.17. The van der Waals surface area contributed by atoms with Gasteiger partial charge >= 0.3 is 0 Å². The lowest BCUT2D eigenvalue weighted by molar-refractivity contribution is 0.414. The number of unbranched alkanes of at least 4 members (excludes halogenated alkanes) is 1. The fourth-order valence-electron chi connectivity index (χ4n) is 2.67. The van der Waals surface area contributed by atoms with Crippen LogP contribution >= 0.6 is 15.9 Å². The first-order chi connectivity index (χ1) is 11.6. The van der Waals surface area contributed by atoms with Crippen molar-refractivity contribution in [3.8, 4) is 5.75 Å². The van der Waals surface area contributed by atoms with E-state index in [1.54, 1.807) is 7.11 Å². The molecule has 2 N–H and O–H groups in total. The Balaban J connectivity index is 2.06. The Morgan fingerprint density at radius 2 is 2.12 bits per heavy atom. The summed E-state index contributed by atoms with van der Waals surface area (Å²) >= 11 is 3.61. The number of imidazole rings is 1. The number of fused-ring (bicyclic) bond motifs is 1. The van der Waals surface area contributed by atoms with Crippen molar-refractivity contribution in [2.24, 2.45) is 0 Å². The summed E-state index contributed by atoms with van der Waals surface area (Å²) in [6.07, 6.45) is 4.31. The first kappa shape index (κ1) is 16.7. The molecule has 0 unspecified atom stereocenters. The van der Waals surface area contributed by atoms with Crippen molar-refractivity contribution in [3.63, 3.8) is 0 Å². The molecule has 2 aromatic heterocycles. The number of methoxy groups -OCH3 is 1. The fraction of sp³-hybridized carbons (Fsp3) is 0.353. The van der Waals surface area contributed by atoms with Gasteiger partial charge in [-0.25, -0.2) is 15.0 Å². The fourth-order valence-corrected chi connectivity index (χ4v) is 3.06. The van der Waals surface area contributed by atoms with Gasteiger partial charge in [0.25, 0.3) is 0 Å². The molecule has 1 aromatic carbocycles. The third-order valence-electron chi connectivity index (χ3n) is 3.98. The van der Waals surface area contributed by atoms with Crippen LogP contribution in [0.1, 0.15) is 31.2 Å². The first-order valence-electron chi connectivity index (χ1n) is 7.92. The molecule has 0 radical (unpaired) electrons. The highest BCUT2D eigenvalue weighted by molar-refractivity contribution is 9.10. The minimum Gasteiger partial charge on any atom is -0.497 e. The zero-order valence-corrected chi connectivity index (χ0v) is 15.4. The molecule has 0 aliphatic rings. The van der Waals surface area contributed by atoms with Crippen molar-refractivity contribution in [2.45, 2.75) is 32.7 Å². The number of benzene rings is 1. The number of nitrogen functional groups attached to an aromatic ring is 1. The number of hydrogen-bond acceptors (Lipinski definition) is 5. The molecular weight excluding hydrogens is 370 g/mol. The predicted octanol–water partition coefficient (Wildman–Crippen LogP) is 3.57. The molecule has 126 valence electrons. The van der Waals surface area contributed by atoms with E-state index in [1.165, 1.54) is 6.33 Å². The van der Waals surface area contributed by atoms with E-state index in [0.717, 1.165) is 46.6 Å². The van der Waals surface area contributed by atoms with Gasteiger partial charge in [0.2, 0.25) is 0 Å². The Hall–Kier alpha value is -2.15. The molecule has 6 nitrogen and oxygen atoms in total. The molecule has 3 rings (SSSR count). The maximum absolute atomic E-state index is 5.98. The van der Waals surface area contributed by atoms with Crippen LogP contribution in [0.4, 0.5) is 5.82 Å². The van der Waals surface area contributed by atoms with Crippen LogP contribution in [0.25, 0.3) is 11.2 Å². The van der Waals surface area contributed by atoms with Crippen LogP contribution in [0, 0.1) is 0 Å². The van der Waals surface area contributed by atoms with E-state index in [-0.39, 0.29) is 0 Å². The molecule has 0 saturated heterocycles. The van der Waals surface area contributed by atoms with Gasteiger partial charge in [0.05, 0.1) is 7.11 Å². The average Bonchev–Trinajstić information content (AvgIpc) is 2.94. The van der Waals surface area contributed by atoms with Crippen LogP contribution in [0.3, 0.4) is 0 Å². The van der Waals surface area contributed by atoms with Gasteiger partial charge in [0.15, 0.2) is 17.0 Å². The Morgan fingerprint density at radius 1 is 1.29 bits per heavy atom. The summed E-state index contributed by atoms with van der Waals surface area (Å²) in [5, 5.41) is 0. The molecule has 0 amide bonds. The summed E-state index contributed by atoms with van der Waals surface area (Å²) in [7, 11) is 1.67. The number of anilines is 1. The van der Waals surface area contributed by atoms with Crippen LogP contribution < -0.4 is 10.5 Å². The zero-order valence-electron chi connectivity index (χ0n) is 13.8. The van der Waals surface area contributed by atoms with Gasteiger partial charge in [-0.2, -0.15) is 0 Å². The minimum absolute atomic E-state index is 0.418. The summed E-state index contributed by atoms with van der Waals surface area (Å²) in [5.41, 5.74) is 8.55. The van der Waals surface area contributed by atoms with Crippen molar-refractivity contribution in [1.82, 2.24) is 19.5 Å². The second-order valence-corrected chi connectivity index (χ2v) is 6.45. The zero-order chi connectivity index (χ0) is 17.1. The molecule has 0 saturated carbocycles. The Morgan fingerprint density at radius 3 is 2.88 bits per heavy atom. The number of nitrogens with zero attached hydrogens (tertiary/aromatic N) is 4. The topological polar surface area (TPSA) is 78.9 Å². The number of hydrogen-bond donors (Lipinski definition) is 1. The quantitative estimate of drug-likeness (QED) is 0.696. The van der Waals surface area contributed by atoms with Crippen LogP contribution in [0.5, 0.6) is 5.75 Å². The smallest absolute Gasteiger partial charge is 0.165 e.